The van der Waals surface area contributed by atoms with Gasteiger partial charge in [0, 0.05) is 60.9 Å². The van der Waals surface area contributed by atoms with Crippen molar-refractivity contribution < 1.29 is 14.7 Å². The van der Waals surface area contributed by atoms with Crippen LogP contribution in [0.5, 0.6) is 0 Å². The number of nitrogens with one attached hydrogen (secondary N) is 1. The quantitative estimate of drug-likeness (QED) is 0.558. The molecule has 0 aliphatic carbocycles. The summed E-state index contributed by atoms with van der Waals surface area (Å²) in [6.07, 6.45) is 4.98. The van der Waals surface area contributed by atoms with Gasteiger partial charge < -0.3 is 15.3 Å². The number of hydrogen-bond acceptors (Lipinski definition) is 7. The zero-order valence-electron chi connectivity index (χ0n) is 20.7. The molecule has 0 spiro atoms. The van der Waals surface area contributed by atoms with E-state index in [1.165, 1.54) is 23.4 Å². The summed E-state index contributed by atoms with van der Waals surface area (Å²) in [7, 11) is 0. The monoisotopic (exact) mass is 486 g/mol. The lowest BCUT2D eigenvalue weighted by atomic mass is 9.96. The van der Waals surface area contributed by atoms with Crippen LogP contribution in [0.4, 0.5) is 11.6 Å². The normalized spacial score (nSPS) is 19.7. The van der Waals surface area contributed by atoms with E-state index in [-0.39, 0.29) is 17.6 Å². The number of carboxylic acids is 1. The van der Waals surface area contributed by atoms with Gasteiger partial charge in [-0.15, -0.1) is 0 Å². The number of rotatable bonds is 5. The highest BCUT2D eigenvalue weighted by Gasteiger charge is 2.35. The Morgan fingerprint density at radius 2 is 1.86 bits per heavy atom. The topological polar surface area (TPSA) is 112 Å². The fraction of sp³-hybridized carbons (Fsp3) is 0.370. The number of anilines is 2. The average molecular weight is 487 g/mol. The van der Waals surface area contributed by atoms with Crippen molar-refractivity contribution in [2.75, 3.05) is 11.9 Å². The van der Waals surface area contributed by atoms with Gasteiger partial charge in [0.15, 0.2) is 0 Å². The summed E-state index contributed by atoms with van der Waals surface area (Å²) in [4.78, 5) is 41.7. The highest BCUT2D eigenvalue weighted by atomic mass is 16.4. The third-order valence-electron chi connectivity index (χ3n) is 7.01. The van der Waals surface area contributed by atoms with Crippen LogP contribution in [0.25, 0.3) is 0 Å². The van der Waals surface area contributed by atoms with Crippen LogP contribution in [0.15, 0.2) is 42.7 Å². The Labute approximate surface area is 210 Å². The molecular weight excluding hydrogens is 456 g/mol. The summed E-state index contributed by atoms with van der Waals surface area (Å²) in [5, 5.41) is 12.5. The zero-order chi connectivity index (χ0) is 25.4. The smallest absolute Gasteiger partial charge is 0.354 e. The number of piperidine rings is 1. The van der Waals surface area contributed by atoms with Gasteiger partial charge in [-0.05, 0) is 69.0 Å². The molecule has 9 nitrogen and oxygen atoms in total. The van der Waals surface area contributed by atoms with Crippen LogP contribution in [0.2, 0.25) is 0 Å². The lowest BCUT2D eigenvalue weighted by Crippen LogP contribution is -2.50. The van der Waals surface area contributed by atoms with Gasteiger partial charge in [-0.25, -0.2) is 19.7 Å². The Balaban J connectivity index is 1.22. The van der Waals surface area contributed by atoms with E-state index in [1.807, 2.05) is 11.1 Å². The van der Waals surface area contributed by atoms with Crippen LogP contribution in [0, 0.1) is 13.8 Å². The third kappa shape index (κ3) is 4.92. The standard InChI is InChI=1S/C27H30N6O3/c1-16-8-17(2)10-21(9-16)30-27-29-13-20-14-32(15-24(20)31-27)22-5-7-33(18(3)11-22)25(34)19-4-6-28-23(12-19)26(35)36/h4,6,8-10,12-13,18,22H,5,7,11,14-15H2,1-3H3,(H,35,36)(H,29,30,31)/t18-,22-/m1/s1. The van der Waals surface area contributed by atoms with E-state index < -0.39 is 5.97 Å². The van der Waals surface area contributed by atoms with Gasteiger partial charge in [0.2, 0.25) is 5.95 Å². The lowest BCUT2D eigenvalue weighted by Gasteiger charge is -2.41. The highest BCUT2D eigenvalue weighted by Crippen LogP contribution is 2.31. The molecule has 0 bridgehead atoms. The first-order chi connectivity index (χ1) is 17.3. The number of amides is 1. The minimum atomic E-state index is -1.14. The second kappa shape index (κ2) is 9.66. The molecule has 2 atom stereocenters. The molecule has 5 rings (SSSR count). The first-order valence-electron chi connectivity index (χ1n) is 12.2. The number of carboxylic acid groups (broad SMARTS) is 1. The third-order valence-corrected chi connectivity index (χ3v) is 7.01. The molecule has 1 saturated heterocycles. The van der Waals surface area contributed by atoms with Crippen molar-refractivity contribution in [2.45, 2.75) is 58.8 Å². The van der Waals surface area contributed by atoms with E-state index in [2.05, 4.69) is 59.2 Å². The van der Waals surface area contributed by atoms with Crippen LogP contribution < -0.4 is 5.32 Å². The molecule has 2 aliphatic rings. The molecule has 2 aliphatic heterocycles. The molecule has 186 valence electrons. The first kappa shape index (κ1) is 23.9. The van der Waals surface area contributed by atoms with E-state index >= 15 is 0 Å². The number of likely N-dealkylation sites (tertiary alicyclic amines) is 1. The number of nitrogens with zero attached hydrogens (tertiary/aromatic N) is 5. The molecule has 1 amide bonds. The Morgan fingerprint density at radius 1 is 1.08 bits per heavy atom. The van der Waals surface area contributed by atoms with Crippen molar-refractivity contribution in [1.82, 2.24) is 24.8 Å². The molecule has 36 heavy (non-hydrogen) atoms. The number of carbonyl (C=O) groups is 2. The summed E-state index contributed by atoms with van der Waals surface area (Å²) in [5.41, 5.74) is 5.79. The molecule has 2 aromatic heterocycles. The Bertz CT molecular complexity index is 1310. The maximum atomic E-state index is 13.1. The molecule has 9 heteroatoms. The zero-order valence-corrected chi connectivity index (χ0v) is 20.7. The van der Waals surface area contributed by atoms with Gasteiger partial charge in [-0.2, -0.15) is 0 Å². The van der Waals surface area contributed by atoms with Gasteiger partial charge in [0.25, 0.3) is 5.91 Å². The van der Waals surface area contributed by atoms with E-state index in [0.29, 0.717) is 24.1 Å². The number of pyridine rings is 1. The molecule has 2 N–H and O–H groups in total. The molecule has 0 unspecified atom stereocenters. The van der Waals surface area contributed by atoms with Crippen LogP contribution in [0.1, 0.15) is 63.0 Å². The van der Waals surface area contributed by atoms with Crippen molar-refractivity contribution in [2.24, 2.45) is 0 Å². The van der Waals surface area contributed by atoms with Crippen molar-refractivity contribution in [3.05, 3.63) is 76.4 Å². The predicted octanol–water partition coefficient (Wildman–Crippen LogP) is 3.94. The molecule has 1 fully saturated rings. The minimum Gasteiger partial charge on any atom is -0.477 e. The summed E-state index contributed by atoms with van der Waals surface area (Å²) < 4.78 is 0. The summed E-state index contributed by atoms with van der Waals surface area (Å²) in [6, 6.07) is 9.60. The van der Waals surface area contributed by atoms with Gasteiger partial charge in [0.1, 0.15) is 5.69 Å². The summed E-state index contributed by atoms with van der Waals surface area (Å²) >= 11 is 0. The van der Waals surface area contributed by atoms with Gasteiger partial charge >= 0.3 is 5.97 Å². The summed E-state index contributed by atoms with van der Waals surface area (Å²) in [5.74, 6) is -0.684. The molecular formula is C27H30N6O3. The number of aromatic carboxylic acids is 1. The van der Waals surface area contributed by atoms with E-state index in [1.54, 1.807) is 6.07 Å². The molecule has 0 radical (unpaired) electrons. The number of fused-ring (bicyclic) bond motifs is 1. The maximum absolute atomic E-state index is 13.1. The number of carbonyl (C=O) groups excluding carboxylic acids is 1. The highest BCUT2D eigenvalue weighted by molar-refractivity contribution is 5.96. The van der Waals surface area contributed by atoms with Crippen LogP contribution in [-0.2, 0) is 13.1 Å². The second-order valence-electron chi connectivity index (χ2n) is 9.83. The molecule has 4 heterocycles. The first-order valence-corrected chi connectivity index (χ1v) is 12.2. The lowest BCUT2D eigenvalue weighted by molar-refractivity contribution is 0.0460. The van der Waals surface area contributed by atoms with Crippen molar-refractivity contribution >= 4 is 23.5 Å². The fourth-order valence-corrected chi connectivity index (χ4v) is 5.30. The van der Waals surface area contributed by atoms with Gasteiger partial charge in [-0.3, -0.25) is 9.69 Å². The predicted molar refractivity (Wildman–Crippen MR) is 135 cm³/mol. The Kier molecular flexibility index (Phi) is 6.40. The fourth-order valence-electron chi connectivity index (χ4n) is 5.30. The van der Waals surface area contributed by atoms with E-state index in [4.69, 9.17) is 4.98 Å². The Morgan fingerprint density at radius 3 is 2.58 bits per heavy atom. The number of benzene rings is 1. The van der Waals surface area contributed by atoms with Crippen molar-refractivity contribution in [1.29, 1.82) is 0 Å². The minimum absolute atomic E-state index is 0.0364. The van der Waals surface area contributed by atoms with Crippen molar-refractivity contribution in [3.63, 3.8) is 0 Å². The molecule has 3 aromatic rings. The van der Waals surface area contributed by atoms with Crippen LogP contribution in [-0.4, -0.2) is 60.4 Å². The average Bonchev–Trinajstić information content (AvgIpc) is 3.26. The maximum Gasteiger partial charge on any atom is 0.354 e. The molecule has 0 saturated carbocycles. The number of aryl methyl sites for hydroxylation is 2. The second-order valence-corrected chi connectivity index (χ2v) is 9.83. The summed E-state index contributed by atoms with van der Waals surface area (Å²) in [6.45, 7) is 8.38. The van der Waals surface area contributed by atoms with E-state index in [9.17, 15) is 14.7 Å². The largest absolute Gasteiger partial charge is 0.477 e. The van der Waals surface area contributed by atoms with Gasteiger partial charge in [-0.1, -0.05) is 6.07 Å². The van der Waals surface area contributed by atoms with Crippen molar-refractivity contribution in [3.8, 4) is 0 Å². The molecule has 1 aromatic carbocycles. The Hall–Kier alpha value is -3.85. The number of aromatic nitrogens is 3. The van der Waals surface area contributed by atoms with Crippen LogP contribution in [0.3, 0.4) is 0 Å². The van der Waals surface area contributed by atoms with Gasteiger partial charge in [0.05, 0.1) is 5.69 Å². The van der Waals surface area contributed by atoms with E-state index in [0.717, 1.165) is 42.9 Å². The number of hydrogen-bond donors (Lipinski definition) is 2. The SMILES string of the molecule is Cc1cc(C)cc(Nc2ncc3c(n2)CN([C@@H]2CCN(C(=O)c4ccnc(C(=O)O)c4)[C@H](C)C2)C3)c1. The van der Waals surface area contributed by atoms with Crippen LogP contribution >= 0.6 is 0 Å².